The maximum atomic E-state index is 9.20. The highest BCUT2D eigenvalue weighted by Gasteiger charge is 2.17. The Kier molecular flexibility index (Phi) is 5.08. The average Bonchev–Trinajstić information content (AvgIpc) is 2.29. The number of benzene rings is 1. The Balaban J connectivity index is 3.05. The molecule has 0 N–H and O–H groups in total. The van der Waals surface area contributed by atoms with Gasteiger partial charge in [0.1, 0.15) is 6.04 Å². The Morgan fingerprint density at radius 2 is 1.88 bits per heavy atom. The largest absolute Gasteiger partial charge is 0.285 e. The summed E-state index contributed by atoms with van der Waals surface area (Å²) < 4.78 is 0. The van der Waals surface area contributed by atoms with Crippen LogP contribution in [0.15, 0.2) is 18.2 Å². The summed E-state index contributed by atoms with van der Waals surface area (Å²) >= 11 is 11.8. The van der Waals surface area contributed by atoms with E-state index in [2.05, 4.69) is 11.0 Å². The van der Waals surface area contributed by atoms with Gasteiger partial charge in [-0.3, -0.25) is 4.90 Å². The standard InChI is InChI=1S/C12H14Cl2N2/c1-3-16(4-2)12(8-15)9-5-6-10(13)11(14)7-9/h5-7,12H,3-4H2,1-2H3/t12-/m1/s1. The number of rotatable bonds is 4. The van der Waals surface area contributed by atoms with Gasteiger partial charge in [0.05, 0.1) is 16.1 Å². The molecular formula is C12H14Cl2N2. The molecule has 1 aromatic rings. The lowest BCUT2D eigenvalue weighted by molar-refractivity contribution is 0.262. The van der Waals surface area contributed by atoms with Gasteiger partial charge in [-0.1, -0.05) is 43.1 Å². The van der Waals surface area contributed by atoms with Gasteiger partial charge in [0.15, 0.2) is 0 Å². The predicted molar refractivity (Wildman–Crippen MR) is 67.7 cm³/mol. The Bertz CT molecular complexity index is 394. The van der Waals surface area contributed by atoms with Crippen LogP contribution in [0.3, 0.4) is 0 Å². The van der Waals surface area contributed by atoms with Crippen LogP contribution in [0.25, 0.3) is 0 Å². The molecule has 16 heavy (non-hydrogen) atoms. The Labute approximate surface area is 106 Å². The summed E-state index contributed by atoms with van der Waals surface area (Å²) in [5.74, 6) is 0. The van der Waals surface area contributed by atoms with Gasteiger partial charge >= 0.3 is 0 Å². The third kappa shape index (κ3) is 2.89. The molecule has 0 aromatic heterocycles. The molecule has 0 saturated heterocycles. The predicted octanol–water partition coefficient (Wildman–Crippen LogP) is 3.90. The second kappa shape index (κ2) is 6.10. The van der Waals surface area contributed by atoms with Crippen molar-refractivity contribution in [2.75, 3.05) is 13.1 Å². The number of hydrogen-bond acceptors (Lipinski definition) is 2. The first kappa shape index (κ1) is 13.3. The molecule has 1 rings (SSSR count). The van der Waals surface area contributed by atoms with Gasteiger partial charge < -0.3 is 0 Å². The van der Waals surface area contributed by atoms with Crippen molar-refractivity contribution >= 4 is 23.2 Å². The Morgan fingerprint density at radius 3 is 2.31 bits per heavy atom. The van der Waals surface area contributed by atoms with Crippen LogP contribution in [0.4, 0.5) is 0 Å². The monoisotopic (exact) mass is 256 g/mol. The van der Waals surface area contributed by atoms with Gasteiger partial charge in [0, 0.05) is 0 Å². The third-order valence-electron chi connectivity index (χ3n) is 2.56. The molecule has 0 amide bonds. The van der Waals surface area contributed by atoms with Crippen molar-refractivity contribution in [2.45, 2.75) is 19.9 Å². The quantitative estimate of drug-likeness (QED) is 0.817. The second-order valence-electron chi connectivity index (χ2n) is 3.43. The molecule has 0 bridgehead atoms. The summed E-state index contributed by atoms with van der Waals surface area (Å²) in [7, 11) is 0. The van der Waals surface area contributed by atoms with Crippen molar-refractivity contribution in [2.24, 2.45) is 0 Å². The summed E-state index contributed by atoms with van der Waals surface area (Å²) in [6, 6.07) is 7.37. The van der Waals surface area contributed by atoms with Crippen LogP contribution >= 0.6 is 23.2 Å². The third-order valence-corrected chi connectivity index (χ3v) is 3.30. The van der Waals surface area contributed by atoms with E-state index in [0.29, 0.717) is 10.0 Å². The van der Waals surface area contributed by atoms with Gasteiger partial charge in [0.25, 0.3) is 0 Å². The fourth-order valence-corrected chi connectivity index (χ4v) is 1.94. The molecule has 4 heteroatoms. The average molecular weight is 257 g/mol. The number of nitriles is 1. The highest BCUT2D eigenvalue weighted by molar-refractivity contribution is 6.42. The molecule has 0 fully saturated rings. The molecule has 0 aliphatic carbocycles. The summed E-state index contributed by atoms with van der Waals surface area (Å²) in [6.07, 6.45) is 0. The highest BCUT2D eigenvalue weighted by atomic mass is 35.5. The van der Waals surface area contributed by atoms with E-state index in [4.69, 9.17) is 23.2 Å². The van der Waals surface area contributed by atoms with Crippen molar-refractivity contribution in [3.05, 3.63) is 33.8 Å². The highest BCUT2D eigenvalue weighted by Crippen LogP contribution is 2.27. The molecule has 0 aliphatic rings. The van der Waals surface area contributed by atoms with Crippen LogP contribution in [-0.4, -0.2) is 18.0 Å². The second-order valence-corrected chi connectivity index (χ2v) is 4.24. The molecule has 1 aromatic carbocycles. The number of hydrogen-bond donors (Lipinski definition) is 0. The normalized spacial score (nSPS) is 12.5. The van der Waals surface area contributed by atoms with Crippen molar-refractivity contribution in [3.8, 4) is 6.07 Å². The minimum Gasteiger partial charge on any atom is -0.285 e. The molecule has 0 spiro atoms. The van der Waals surface area contributed by atoms with Crippen LogP contribution in [0.5, 0.6) is 0 Å². The molecule has 0 unspecified atom stereocenters. The Hall–Kier alpha value is -0.750. The molecule has 0 heterocycles. The van der Waals surface area contributed by atoms with E-state index in [1.165, 1.54) is 0 Å². The van der Waals surface area contributed by atoms with Crippen LogP contribution < -0.4 is 0 Å². The summed E-state index contributed by atoms with van der Waals surface area (Å²) in [4.78, 5) is 2.07. The van der Waals surface area contributed by atoms with E-state index in [-0.39, 0.29) is 6.04 Å². The first-order valence-electron chi connectivity index (χ1n) is 5.22. The van der Waals surface area contributed by atoms with E-state index in [1.807, 2.05) is 19.9 Å². The minimum absolute atomic E-state index is 0.259. The van der Waals surface area contributed by atoms with Gasteiger partial charge in [-0.2, -0.15) is 5.26 Å². The van der Waals surface area contributed by atoms with Gasteiger partial charge in [-0.15, -0.1) is 0 Å². The molecule has 0 saturated carbocycles. The smallest absolute Gasteiger partial charge is 0.123 e. The number of halogens is 2. The summed E-state index contributed by atoms with van der Waals surface area (Å²) in [5.41, 5.74) is 0.889. The molecular weight excluding hydrogens is 243 g/mol. The molecule has 86 valence electrons. The zero-order valence-corrected chi connectivity index (χ0v) is 10.9. The van der Waals surface area contributed by atoms with Crippen LogP contribution in [0.1, 0.15) is 25.5 Å². The lowest BCUT2D eigenvalue weighted by Gasteiger charge is -2.24. The molecule has 0 radical (unpaired) electrons. The first-order valence-corrected chi connectivity index (χ1v) is 5.98. The van der Waals surface area contributed by atoms with Crippen molar-refractivity contribution in [1.82, 2.24) is 4.90 Å². The van der Waals surface area contributed by atoms with E-state index >= 15 is 0 Å². The van der Waals surface area contributed by atoms with Gasteiger partial charge in [-0.05, 0) is 30.8 Å². The minimum atomic E-state index is -0.259. The van der Waals surface area contributed by atoms with Crippen LogP contribution in [-0.2, 0) is 0 Å². The molecule has 2 nitrogen and oxygen atoms in total. The lowest BCUT2D eigenvalue weighted by Crippen LogP contribution is -2.27. The van der Waals surface area contributed by atoms with E-state index in [1.54, 1.807) is 12.1 Å². The molecule has 0 aliphatic heterocycles. The van der Waals surface area contributed by atoms with Crippen molar-refractivity contribution in [1.29, 1.82) is 5.26 Å². The van der Waals surface area contributed by atoms with Gasteiger partial charge in [-0.25, -0.2) is 0 Å². The Morgan fingerprint density at radius 1 is 1.25 bits per heavy atom. The zero-order chi connectivity index (χ0) is 12.1. The zero-order valence-electron chi connectivity index (χ0n) is 9.37. The van der Waals surface area contributed by atoms with Gasteiger partial charge in [0.2, 0.25) is 0 Å². The maximum Gasteiger partial charge on any atom is 0.123 e. The molecule has 1 atom stereocenters. The van der Waals surface area contributed by atoms with Crippen molar-refractivity contribution in [3.63, 3.8) is 0 Å². The van der Waals surface area contributed by atoms with E-state index in [9.17, 15) is 5.26 Å². The van der Waals surface area contributed by atoms with E-state index in [0.717, 1.165) is 18.7 Å². The van der Waals surface area contributed by atoms with Crippen LogP contribution in [0.2, 0.25) is 10.0 Å². The fourth-order valence-electron chi connectivity index (χ4n) is 1.64. The lowest BCUT2D eigenvalue weighted by atomic mass is 10.1. The topological polar surface area (TPSA) is 27.0 Å². The fraction of sp³-hybridized carbons (Fsp3) is 0.417. The SMILES string of the molecule is CCN(CC)[C@H](C#N)c1ccc(Cl)c(Cl)c1. The van der Waals surface area contributed by atoms with E-state index < -0.39 is 0 Å². The summed E-state index contributed by atoms with van der Waals surface area (Å²) in [6.45, 7) is 5.72. The van der Waals surface area contributed by atoms with Crippen LogP contribution in [0, 0.1) is 11.3 Å². The number of nitrogens with zero attached hydrogens (tertiary/aromatic N) is 2. The maximum absolute atomic E-state index is 9.20. The first-order chi connectivity index (χ1) is 7.63. The van der Waals surface area contributed by atoms with Crippen molar-refractivity contribution < 1.29 is 0 Å². The summed E-state index contributed by atoms with van der Waals surface area (Å²) in [5, 5.41) is 10.2.